The molecule has 0 saturated carbocycles. The third kappa shape index (κ3) is 31.2. The van der Waals surface area contributed by atoms with E-state index in [1.807, 2.05) is 0 Å². The Morgan fingerprint density at radius 2 is 0.739 bits per heavy atom. The molecule has 0 fully saturated rings. The van der Waals surface area contributed by atoms with Crippen molar-refractivity contribution in [2.24, 2.45) is 0 Å². The van der Waals surface area contributed by atoms with Gasteiger partial charge in [0.2, 0.25) is 0 Å². The van der Waals surface area contributed by atoms with Crippen molar-refractivity contribution in [3.63, 3.8) is 0 Å². The lowest BCUT2D eigenvalue weighted by Gasteiger charge is -2.21. The minimum absolute atomic E-state index is 0.680. The zero-order chi connectivity index (χ0) is 32.9. The van der Waals surface area contributed by atoms with Crippen molar-refractivity contribution in [1.82, 2.24) is 5.23 Å². The summed E-state index contributed by atoms with van der Waals surface area (Å²) in [7, 11) is 0. The highest BCUT2D eigenvalue weighted by molar-refractivity contribution is 5.13. The van der Waals surface area contributed by atoms with Crippen LogP contribution < -0.4 is 0 Å². The summed E-state index contributed by atoms with van der Waals surface area (Å²) in [5, 5.41) is 1.74. The topological polar surface area (TPSA) is 21.7 Å². The Morgan fingerprint density at radius 3 is 1.11 bits per heavy atom. The molecule has 46 heavy (non-hydrogen) atoms. The summed E-state index contributed by atoms with van der Waals surface area (Å²) >= 11 is 0. The van der Waals surface area contributed by atoms with Crippen molar-refractivity contribution in [3.8, 4) is 0 Å². The number of hydroxylamine groups is 2. The van der Waals surface area contributed by atoms with Gasteiger partial charge in [-0.3, -0.25) is 9.68 Å². The van der Waals surface area contributed by atoms with Crippen LogP contribution in [-0.4, -0.2) is 18.4 Å². The summed E-state index contributed by atoms with van der Waals surface area (Å²) in [6.07, 6.45) is 46.8. The summed E-state index contributed by atoms with van der Waals surface area (Å²) in [6.45, 7) is 6.73. The molecule has 0 saturated heterocycles. The minimum atomic E-state index is 0.680. The Balaban J connectivity index is 2.01. The minimum Gasteiger partial charge on any atom is -0.274 e. The third-order valence-corrected chi connectivity index (χ3v) is 8.94. The largest absolute Gasteiger partial charge is 0.274 e. The fourth-order valence-corrected chi connectivity index (χ4v) is 5.89. The number of rotatable bonds is 36. The van der Waals surface area contributed by atoms with Gasteiger partial charge in [0.05, 0.1) is 19.8 Å². The van der Waals surface area contributed by atoms with Crippen molar-refractivity contribution in [2.75, 3.05) is 13.2 Å². The van der Waals surface area contributed by atoms with E-state index in [0.29, 0.717) is 6.54 Å². The first kappa shape index (κ1) is 42.6. The summed E-state index contributed by atoms with van der Waals surface area (Å²) < 4.78 is 0. The van der Waals surface area contributed by atoms with Crippen LogP contribution in [0, 0.1) is 0 Å². The number of benzene rings is 1. The van der Waals surface area contributed by atoms with Crippen molar-refractivity contribution in [2.45, 2.75) is 200 Å². The van der Waals surface area contributed by atoms with Gasteiger partial charge in [-0.2, -0.15) is 0 Å². The summed E-state index contributed by atoms with van der Waals surface area (Å²) in [5.41, 5.74) is 1.23. The van der Waals surface area contributed by atoms with Gasteiger partial charge in [-0.1, -0.05) is 189 Å². The van der Waals surface area contributed by atoms with Crippen molar-refractivity contribution in [3.05, 3.63) is 60.2 Å². The molecule has 0 aliphatic carbocycles. The number of nitrogens with zero attached hydrogens (tertiary/aromatic N) is 1. The molecular weight excluding hydrogens is 562 g/mol. The lowest BCUT2D eigenvalue weighted by atomic mass is 10.1. The summed E-state index contributed by atoms with van der Waals surface area (Å²) in [4.78, 5) is 12.2. The van der Waals surface area contributed by atoms with E-state index in [1.165, 1.54) is 173 Å². The molecule has 0 aliphatic rings. The van der Waals surface area contributed by atoms with E-state index in [4.69, 9.17) is 9.68 Å². The van der Waals surface area contributed by atoms with Crippen molar-refractivity contribution in [1.29, 1.82) is 0 Å². The molecule has 3 nitrogen and oxygen atoms in total. The van der Waals surface area contributed by atoms with E-state index >= 15 is 0 Å². The van der Waals surface area contributed by atoms with E-state index in [-0.39, 0.29) is 0 Å². The predicted molar refractivity (Wildman–Crippen MR) is 203 cm³/mol. The number of unbranched alkanes of at least 4 members (excludes halogenated alkanes) is 24. The first-order valence-corrected chi connectivity index (χ1v) is 20.2. The Labute approximate surface area is 287 Å². The molecule has 0 radical (unpaired) electrons. The fourth-order valence-electron chi connectivity index (χ4n) is 5.89. The number of hydrogen-bond acceptors (Lipinski definition) is 3. The van der Waals surface area contributed by atoms with E-state index in [2.05, 4.69) is 68.5 Å². The molecule has 1 aromatic carbocycles. The standard InChI is InChI=1S/C43H77NO2/c1-3-5-7-9-11-13-15-17-19-21-23-25-27-29-31-36-40-45-44(42-43-38-34-33-35-39-43)46-41-37-32-30-28-26-24-22-20-18-16-14-12-10-8-6-4-2/h17-20,33-35,38-39H,3-16,21-32,36-37,40-42H2,1-2H3/b19-17-,20-18-. The highest BCUT2D eigenvalue weighted by Crippen LogP contribution is 2.13. The van der Waals surface area contributed by atoms with Gasteiger partial charge >= 0.3 is 0 Å². The Morgan fingerprint density at radius 1 is 0.413 bits per heavy atom. The molecule has 0 spiro atoms. The zero-order valence-electron chi connectivity index (χ0n) is 30.9. The molecule has 0 aliphatic heterocycles. The Hall–Kier alpha value is -1.42. The van der Waals surface area contributed by atoms with E-state index in [0.717, 1.165) is 26.1 Å². The Bertz CT molecular complexity index is 717. The SMILES string of the molecule is CCCCCCCC/C=C\CCCCCCCCON(Cc1ccccc1)OCCCCCCCC/C=C\CCCCCCCC. The van der Waals surface area contributed by atoms with Crippen LogP contribution in [0.3, 0.4) is 0 Å². The summed E-state index contributed by atoms with van der Waals surface area (Å²) in [6, 6.07) is 10.5. The second-order valence-electron chi connectivity index (χ2n) is 13.5. The molecule has 0 bridgehead atoms. The average molecular weight is 640 g/mol. The zero-order valence-corrected chi connectivity index (χ0v) is 30.9. The number of hydrogen-bond donors (Lipinski definition) is 0. The van der Waals surface area contributed by atoms with Gasteiger partial charge < -0.3 is 0 Å². The molecule has 0 unspecified atom stereocenters. The third-order valence-electron chi connectivity index (χ3n) is 8.94. The van der Waals surface area contributed by atoms with Gasteiger partial charge in [0.25, 0.3) is 0 Å². The predicted octanol–water partition coefficient (Wildman–Crippen LogP) is 14.4. The van der Waals surface area contributed by atoms with Crippen LogP contribution in [0.25, 0.3) is 0 Å². The smallest absolute Gasteiger partial charge is 0.0767 e. The quantitative estimate of drug-likeness (QED) is 0.0414. The molecule has 0 aromatic heterocycles. The lowest BCUT2D eigenvalue weighted by Crippen LogP contribution is -2.25. The van der Waals surface area contributed by atoms with Crippen molar-refractivity contribution >= 4 is 0 Å². The van der Waals surface area contributed by atoms with Crippen LogP contribution in [0.2, 0.25) is 0 Å². The second-order valence-corrected chi connectivity index (χ2v) is 13.5. The molecule has 1 rings (SSSR count). The van der Waals surface area contributed by atoms with Crippen LogP contribution in [0.4, 0.5) is 0 Å². The molecule has 1 aromatic rings. The van der Waals surface area contributed by atoms with Gasteiger partial charge in [0.1, 0.15) is 0 Å². The highest BCUT2D eigenvalue weighted by Gasteiger charge is 2.08. The molecule has 0 heterocycles. The second kappa shape index (κ2) is 36.4. The van der Waals surface area contributed by atoms with Crippen LogP contribution >= 0.6 is 0 Å². The maximum Gasteiger partial charge on any atom is 0.0767 e. The average Bonchev–Trinajstić information content (AvgIpc) is 3.07. The van der Waals surface area contributed by atoms with E-state index in [9.17, 15) is 0 Å². The fraction of sp³-hybridized carbons (Fsp3) is 0.767. The molecule has 3 heteroatoms. The molecule has 0 N–H and O–H groups in total. The monoisotopic (exact) mass is 640 g/mol. The van der Waals surface area contributed by atoms with Crippen LogP contribution in [0.1, 0.15) is 199 Å². The summed E-state index contributed by atoms with van der Waals surface area (Å²) in [5.74, 6) is 0. The highest BCUT2D eigenvalue weighted by atomic mass is 16.9. The molecule has 0 amide bonds. The van der Waals surface area contributed by atoms with Gasteiger partial charge in [0, 0.05) is 0 Å². The molecular formula is C43H77NO2. The van der Waals surface area contributed by atoms with Crippen molar-refractivity contribution < 1.29 is 9.68 Å². The van der Waals surface area contributed by atoms with Gasteiger partial charge in [-0.15, -0.1) is 0 Å². The van der Waals surface area contributed by atoms with Crippen LogP contribution in [0.15, 0.2) is 54.6 Å². The lowest BCUT2D eigenvalue weighted by molar-refractivity contribution is -0.375. The first-order valence-electron chi connectivity index (χ1n) is 20.2. The maximum absolute atomic E-state index is 6.09. The van der Waals surface area contributed by atoms with Gasteiger partial charge in [0.15, 0.2) is 0 Å². The van der Waals surface area contributed by atoms with Gasteiger partial charge in [-0.05, 0) is 69.8 Å². The van der Waals surface area contributed by atoms with Gasteiger partial charge in [-0.25, -0.2) is 0 Å². The van der Waals surface area contributed by atoms with Crippen LogP contribution in [-0.2, 0) is 16.2 Å². The maximum atomic E-state index is 6.09. The van der Waals surface area contributed by atoms with E-state index in [1.54, 1.807) is 5.23 Å². The first-order chi connectivity index (χ1) is 22.9. The number of allylic oxidation sites excluding steroid dienone is 4. The molecule has 0 atom stereocenters. The molecule has 266 valence electrons. The van der Waals surface area contributed by atoms with Crippen LogP contribution in [0.5, 0.6) is 0 Å². The van der Waals surface area contributed by atoms with E-state index < -0.39 is 0 Å². The Kier molecular flexibility index (Phi) is 33.7. The normalized spacial score (nSPS) is 12.0.